The minimum Gasteiger partial charge on any atom is -0.436 e. The van der Waals surface area contributed by atoms with Crippen LogP contribution < -0.4 is 10.5 Å². The van der Waals surface area contributed by atoms with Crippen LogP contribution in [0.4, 0.5) is 10.2 Å². The van der Waals surface area contributed by atoms with Crippen LogP contribution in [0.3, 0.4) is 0 Å². The largest absolute Gasteiger partial charge is 0.436 e. The molecule has 1 heterocycles. The molecule has 0 spiro atoms. The minimum absolute atomic E-state index is 0.127. The zero-order valence-electron chi connectivity index (χ0n) is 9.57. The average Bonchev–Trinajstić information content (AvgIpc) is 2.23. The number of nitrogen functional groups attached to an aromatic ring is 1. The number of aromatic nitrogens is 2. The lowest BCUT2D eigenvalue weighted by molar-refractivity contribution is 0.424. The summed E-state index contributed by atoms with van der Waals surface area (Å²) in [4.78, 5) is 7.93. The summed E-state index contributed by atoms with van der Waals surface area (Å²) in [7, 11) is 0. The molecular formula is C12H12FN3O. The smallest absolute Gasteiger partial charge is 0.224 e. The second kappa shape index (κ2) is 4.37. The molecular weight excluding hydrogens is 221 g/mol. The normalized spacial score (nSPS) is 10.3. The predicted octanol–water partition coefficient (Wildman–Crippen LogP) is 2.61. The molecule has 0 unspecified atom stereocenters. The highest BCUT2D eigenvalue weighted by atomic mass is 19.1. The molecule has 0 radical (unpaired) electrons. The Bertz CT molecular complexity index is 537. The van der Waals surface area contributed by atoms with E-state index in [4.69, 9.17) is 10.5 Å². The van der Waals surface area contributed by atoms with Crippen molar-refractivity contribution in [2.24, 2.45) is 0 Å². The van der Waals surface area contributed by atoms with Crippen molar-refractivity contribution in [1.82, 2.24) is 9.97 Å². The van der Waals surface area contributed by atoms with Crippen LogP contribution in [0.15, 0.2) is 24.3 Å². The second-order valence-electron chi connectivity index (χ2n) is 3.67. The lowest BCUT2D eigenvalue weighted by atomic mass is 10.2. The van der Waals surface area contributed by atoms with Gasteiger partial charge < -0.3 is 10.5 Å². The number of nitrogens with zero attached hydrogens (tertiary/aromatic N) is 2. The highest BCUT2D eigenvalue weighted by Gasteiger charge is 2.08. The highest BCUT2D eigenvalue weighted by molar-refractivity contribution is 5.37. The van der Waals surface area contributed by atoms with Crippen molar-refractivity contribution in [2.75, 3.05) is 5.73 Å². The van der Waals surface area contributed by atoms with Crippen molar-refractivity contribution in [3.63, 3.8) is 0 Å². The Kier molecular flexibility index (Phi) is 2.91. The molecule has 2 rings (SSSR count). The van der Waals surface area contributed by atoms with Crippen LogP contribution in [0.5, 0.6) is 11.6 Å². The molecule has 0 atom stereocenters. The van der Waals surface area contributed by atoms with Gasteiger partial charge in [0.05, 0.1) is 0 Å². The number of ether oxygens (including phenoxy) is 1. The average molecular weight is 233 g/mol. The van der Waals surface area contributed by atoms with E-state index in [9.17, 15) is 4.39 Å². The van der Waals surface area contributed by atoms with E-state index in [1.807, 2.05) is 0 Å². The standard InChI is InChI=1S/C12H12FN3O/c1-7-4-3-5-9(12(7)13)17-11-6-10(14)15-8(2)16-11/h3-6H,1-2H3,(H2,14,15,16). The molecule has 5 heteroatoms. The van der Waals surface area contributed by atoms with Crippen LogP contribution in [0.2, 0.25) is 0 Å². The van der Waals surface area contributed by atoms with Gasteiger partial charge in [0.1, 0.15) is 11.6 Å². The molecule has 0 fully saturated rings. The third-order valence-electron chi connectivity index (χ3n) is 2.21. The van der Waals surface area contributed by atoms with Gasteiger partial charge >= 0.3 is 0 Å². The van der Waals surface area contributed by atoms with Gasteiger partial charge in [0.25, 0.3) is 0 Å². The van der Waals surface area contributed by atoms with E-state index >= 15 is 0 Å². The van der Waals surface area contributed by atoms with Crippen LogP contribution >= 0.6 is 0 Å². The maximum Gasteiger partial charge on any atom is 0.224 e. The molecule has 0 aliphatic carbocycles. The Morgan fingerprint density at radius 2 is 2.00 bits per heavy atom. The minimum atomic E-state index is -0.401. The van der Waals surface area contributed by atoms with Crippen molar-refractivity contribution in [3.8, 4) is 11.6 Å². The van der Waals surface area contributed by atoms with Gasteiger partial charge in [-0.2, -0.15) is 4.98 Å². The maximum absolute atomic E-state index is 13.7. The van der Waals surface area contributed by atoms with Gasteiger partial charge in [0, 0.05) is 6.07 Å². The fraction of sp³-hybridized carbons (Fsp3) is 0.167. The summed E-state index contributed by atoms with van der Waals surface area (Å²) in [5.74, 6) is 0.734. The molecule has 0 bridgehead atoms. The second-order valence-corrected chi connectivity index (χ2v) is 3.67. The monoisotopic (exact) mass is 233 g/mol. The first-order chi connectivity index (χ1) is 8.06. The van der Waals surface area contributed by atoms with E-state index < -0.39 is 5.82 Å². The van der Waals surface area contributed by atoms with Crippen molar-refractivity contribution in [1.29, 1.82) is 0 Å². The van der Waals surface area contributed by atoms with Gasteiger partial charge in [0.2, 0.25) is 5.88 Å². The fourth-order valence-corrected chi connectivity index (χ4v) is 1.43. The lowest BCUT2D eigenvalue weighted by Gasteiger charge is -2.08. The first-order valence-electron chi connectivity index (χ1n) is 5.10. The molecule has 17 heavy (non-hydrogen) atoms. The molecule has 0 saturated carbocycles. The third kappa shape index (κ3) is 2.50. The van der Waals surface area contributed by atoms with Crippen LogP contribution in [-0.2, 0) is 0 Å². The topological polar surface area (TPSA) is 61.0 Å². The molecule has 2 aromatic rings. The summed E-state index contributed by atoms with van der Waals surface area (Å²) in [6, 6.07) is 6.37. The molecule has 1 aromatic carbocycles. The van der Waals surface area contributed by atoms with Gasteiger partial charge in [-0.15, -0.1) is 0 Å². The quantitative estimate of drug-likeness (QED) is 0.866. The summed E-state index contributed by atoms with van der Waals surface area (Å²) in [6.45, 7) is 3.36. The number of hydrogen-bond acceptors (Lipinski definition) is 4. The van der Waals surface area contributed by atoms with E-state index in [0.29, 0.717) is 17.2 Å². The molecule has 0 saturated heterocycles. The number of benzene rings is 1. The Morgan fingerprint density at radius 3 is 2.71 bits per heavy atom. The van der Waals surface area contributed by atoms with Gasteiger partial charge in [-0.1, -0.05) is 12.1 Å². The molecule has 0 aliphatic heterocycles. The zero-order valence-corrected chi connectivity index (χ0v) is 9.57. The van der Waals surface area contributed by atoms with Crippen LogP contribution in [-0.4, -0.2) is 9.97 Å². The summed E-state index contributed by atoms with van der Waals surface area (Å²) in [5.41, 5.74) is 6.07. The fourth-order valence-electron chi connectivity index (χ4n) is 1.43. The van der Waals surface area contributed by atoms with Crippen molar-refractivity contribution in [2.45, 2.75) is 13.8 Å². The van der Waals surface area contributed by atoms with Gasteiger partial charge in [0.15, 0.2) is 11.6 Å². The first-order valence-corrected chi connectivity index (χ1v) is 5.10. The summed E-state index contributed by atoms with van der Waals surface area (Å²) in [5, 5.41) is 0. The SMILES string of the molecule is Cc1nc(N)cc(Oc2cccc(C)c2F)n1. The van der Waals surface area contributed by atoms with E-state index in [2.05, 4.69) is 9.97 Å². The molecule has 88 valence electrons. The maximum atomic E-state index is 13.7. The lowest BCUT2D eigenvalue weighted by Crippen LogP contribution is -1.99. The van der Waals surface area contributed by atoms with Crippen LogP contribution in [0.1, 0.15) is 11.4 Å². The Balaban J connectivity index is 2.34. The van der Waals surface area contributed by atoms with Crippen molar-refractivity contribution in [3.05, 3.63) is 41.5 Å². The molecule has 2 N–H and O–H groups in total. The van der Waals surface area contributed by atoms with Gasteiger partial charge in [-0.25, -0.2) is 9.37 Å². The molecule has 0 amide bonds. The predicted molar refractivity (Wildman–Crippen MR) is 62.4 cm³/mol. The van der Waals surface area contributed by atoms with Crippen molar-refractivity contribution >= 4 is 5.82 Å². The molecule has 4 nitrogen and oxygen atoms in total. The van der Waals surface area contributed by atoms with Gasteiger partial charge in [-0.3, -0.25) is 0 Å². The summed E-state index contributed by atoms with van der Waals surface area (Å²) in [6.07, 6.45) is 0. The third-order valence-corrected chi connectivity index (χ3v) is 2.21. The summed E-state index contributed by atoms with van der Waals surface area (Å²) < 4.78 is 19.0. The highest BCUT2D eigenvalue weighted by Crippen LogP contribution is 2.25. The molecule has 1 aromatic heterocycles. The number of nitrogens with two attached hydrogens (primary N) is 1. The zero-order chi connectivity index (χ0) is 12.4. The van der Waals surface area contributed by atoms with Crippen molar-refractivity contribution < 1.29 is 9.13 Å². The van der Waals surface area contributed by atoms with Gasteiger partial charge in [-0.05, 0) is 25.5 Å². The Morgan fingerprint density at radius 1 is 1.24 bits per heavy atom. The van der Waals surface area contributed by atoms with E-state index in [1.54, 1.807) is 26.0 Å². The van der Waals surface area contributed by atoms with Crippen LogP contribution in [0.25, 0.3) is 0 Å². The van der Waals surface area contributed by atoms with E-state index in [1.165, 1.54) is 12.1 Å². The number of hydrogen-bond donors (Lipinski definition) is 1. The number of rotatable bonds is 2. The Hall–Kier alpha value is -2.17. The van der Waals surface area contributed by atoms with E-state index in [-0.39, 0.29) is 11.6 Å². The summed E-state index contributed by atoms with van der Waals surface area (Å²) >= 11 is 0. The van der Waals surface area contributed by atoms with E-state index in [0.717, 1.165) is 0 Å². The molecule has 0 aliphatic rings. The van der Waals surface area contributed by atoms with Crippen LogP contribution in [0, 0.1) is 19.7 Å². The number of halogens is 1. The first kappa shape index (κ1) is 11.3. The number of aryl methyl sites for hydroxylation is 2. The Labute approximate surface area is 98.3 Å². The number of anilines is 1.